The summed E-state index contributed by atoms with van der Waals surface area (Å²) in [6.45, 7) is 1.44. The van der Waals surface area contributed by atoms with E-state index in [0.717, 1.165) is 50.9 Å². The Kier molecular flexibility index (Phi) is 4.43. The zero-order chi connectivity index (χ0) is 13.8. The Morgan fingerprint density at radius 2 is 1.53 bits per heavy atom. The third-order valence-corrected chi connectivity index (χ3v) is 3.45. The van der Waals surface area contributed by atoms with Crippen molar-refractivity contribution in [2.24, 2.45) is 0 Å². The SMILES string of the molecule is N#CC(c1cc(F)c(F)c(F)c1)N1CCCCCC1. The van der Waals surface area contributed by atoms with Gasteiger partial charge in [-0.15, -0.1) is 0 Å². The number of rotatable bonds is 2. The van der Waals surface area contributed by atoms with Crippen LogP contribution in [-0.2, 0) is 0 Å². The van der Waals surface area contributed by atoms with Gasteiger partial charge in [0.1, 0.15) is 6.04 Å². The molecular weight excluding hydrogens is 253 g/mol. The summed E-state index contributed by atoms with van der Waals surface area (Å²) < 4.78 is 39.4. The highest BCUT2D eigenvalue weighted by molar-refractivity contribution is 5.27. The van der Waals surface area contributed by atoms with Crippen molar-refractivity contribution >= 4 is 0 Å². The van der Waals surface area contributed by atoms with Crippen molar-refractivity contribution in [3.63, 3.8) is 0 Å². The Morgan fingerprint density at radius 3 is 2.00 bits per heavy atom. The minimum atomic E-state index is -1.49. The van der Waals surface area contributed by atoms with Gasteiger partial charge in [-0.1, -0.05) is 12.8 Å². The fourth-order valence-corrected chi connectivity index (χ4v) is 2.45. The summed E-state index contributed by atoms with van der Waals surface area (Å²) in [6.07, 6.45) is 4.12. The number of hydrogen-bond donors (Lipinski definition) is 0. The summed E-state index contributed by atoms with van der Waals surface area (Å²) in [5.41, 5.74) is 0.181. The molecule has 1 atom stereocenters. The molecule has 5 heteroatoms. The van der Waals surface area contributed by atoms with E-state index >= 15 is 0 Å². The average molecular weight is 268 g/mol. The minimum Gasteiger partial charge on any atom is -0.284 e. The van der Waals surface area contributed by atoms with E-state index in [1.54, 1.807) is 0 Å². The highest BCUT2D eigenvalue weighted by Gasteiger charge is 2.23. The Balaban J connectivity index is 2.29. The lowest BCUT2D eigenvalue weighted by atomic mass is 10.1. The number of nitriles is 1. The summed E-state index contributed by atoms with van der Waals surface area (Å²) in [5, 5.41) is 9.24. The van der Waals surface area contributed by atoms with Crippen LogP contribution in [0.25, 0.3) is 0 Å². The van der Waals surface area contributed by atoms with Crippen molar-refractivity contribution in [2.45, 2.75) is 31.7 Å². The van der Waals surface area contributed by atoms with Crippen LogP contribution in [0, 0.1) is 28.8 Å². The van der Waals surface area contributed by atoms with Gasteiger partial charge in [0.15, 0.2) is 17.5 Å². The first kappa shape index (κ1) is 13.9. The van der Waals surface area contributed by atoms with Gasteiger partial charge in [-0.05, 0) is 43.6 Å². The molecule has 2 nitrogen and oxygen atoms in total. The van der Waals surface area contributed by atoms with E-state index in [-0.39, 0.29) is 5.56 Å². The third kappa shape index (κ3) is 3.07. The van der Waals surface area contributed by atoms with Gasteiger partial charge in [0.05, 0.1) is 6.07 Å². The van der Waals surface area contributed by atoms with E-state index < -0.39 is 23.5 Å². The summed E-state index contributed by atoms with van der Waals surface area (Å²) in [4.78, 5) is 1.90. The molecule has 1 unspecified atom stereocenters. The van der Waals surface area contributed by atoms with Crippen molar-refractivity contribution in [3.05, 3.63) is 35.1 Å². The second-order valence-electron chi connectivity index (χ2n) is 4.78. The molecule has 0 saturated carbocycles. The van der Waals surface area contributed by atoms with Crippen molar-refractivity contribution in [1.82, 2.24) is 4.90 Å². The first-order chi connectivity index (χ1) is 9.13. The summed E-state index contributed by atoms with van der Waals surface area (Å²) >= 11 is 0. The van der Waals surface area contributed by atoms with Crippen LogP contribution in [0.5, 0.6) is 0 Å². The predicted octanol–water partition coefficient (Wildman–Crippen LogP) is 3.54. The molecule has 2 rings (SSSR count). The van der Waals surface area contributed by atoms with Gasteiger partial charge in [-0.25, -0.2) is 13.2 Å². The minimum absolute atomic E-state index is 0.181. The molecule has 0 amide bonds. The number of nitrogens with zero attached hydrogens (tertiary/aromatic N) is 2. The monoisotopic (exact) mass is 268 g/mol. The van der Waals surface area contributed by atoms with Gasteiger partial charge >= 0.3 is 0 Å². The zero-order valence-corrected chi connectivity index (χ0v) is 10.5. The van der Waals surface area contributed by atoms with Crippen LogP contribution in [-0.4, -0.2) is 18.0 Å². The Labute approximate surface area is 110 Å². The average Bonchev–Trinajstić information content (AvgIpc) is 2.66. The Morgan fingerprint density at radius 1 is 1.00 bits per heavy atom. The summed E-state index contributed by atoms with van der Waals surface area (Å²) in [6, 6.07) is 3.17. The molecule has 0 N–H and O–H groups in total. The van der Waals surface area contributed by atoms with Crippen LogP contribution in [0.15, 0.2) is 12.1 Å². The van der Waals surface area contributed by atoms with Gasteiger partial charge in [0.25, 0.3) is 0 Å². The molecule has 0 aliphatic carbocycles. The van der Waals surface area contributed by atoms with Crippen molar-refractivity contribution < 1.29 is 13.2 Å². The topological polar surface area (TPSA) is 27.0 Å². The standard InChI is InChI=1S/C14H15F3N2/c15-11-7-10(8-12(16)14(11)17)13(9-18)19-5-3-1-2-4-6-19/h7-8,13H,1-6H2. The quantitative estimate of drug-likeness (QED) is 0.767. The Bertz CT molecular complexity index is 465. The maximum Gasteiger partial charge on any atom is 0.194 e. The van der Waals surface area contributed by atoms with Gasteiger partial charge in [0.2, 0.25) is 0 Å². The lowest BCUT2D eigenvalue weighted by Gasteiger charge is -2.25. The second kappa shape index (κ2) is 6.07. The molecule has 1 aliphatic heterocycles. The van der Waals surface area contributed by atoms with E-state index in [4.69, 9.17) is 0 Å². The van der Waals surface area contributed by atoms with E-state index in [2.05, 4.69) is 6.07 Å². The van der Waals surface area contributed by atoms with Crippen LogP contribution < -0.4 is 0 Å². The summed E-state index contributed by atoms with van der Waals surface area (Å²) in [7, 11) is 0. The molecular formula is C14H15F3N2. The fraction of sp³-hybridized carbons (Fsp3) is 0.500. The first-order valence-corrected chi connectivity index (χ1v) is 6.41. The molecule has 0 bridgehead atoms. The first-order valence-electron chi connectivity index (χ1n) is 6.41. The van der Waals surface area contributed by atoms with Gasteiger partial charge in [-0.3, -0.25) is 4.90 Å². The molecule has 1 heterocycles. The van der Waals surface area contributed by atoms with E-state index in [0.29, 0.717) is 0 Å². The smallest absolute Gasteiger partial charge is 0.194 e. The molecule has 1 aromatic rings. The number of likely N-dealkylation sites (tertiary alicyclic amines) is 1. The lowest BCUT2D eigenvalue weighted by molar-refractivity contribution is 0.244. The van der Waals surface area contributed by atoms with Crippen LogP contribution in [0.4, 0.5) is 13.2 Å². The molecule has 1 aliphatic rings. The van der Waals surface area contributed by atoms with E-state index in [1.807, 2.05) is 4.90 Å². The molecule has 19 heavy (non-hydrogen) atoms. The normalized spacial score (nSPS) is 18.6. The largest absolute Gasteiger partial charge is 0.284 e. The number of hydrogen-bond acceptors (Lipinski definition) is 2. The van der Waals surface area contributed by atoms with Crippen molar-refractivity contribution in [2.75, 3.05) is 13.1 Å². The lowest BCUT2D eigenvalue weighted by Crippen LogP contribution is -2.29. The van der Waals surface area contributed by atoms with Crippen LogP contribution in [0.1, 0.15) is 37.3 Å². The van der Waals surface area contributed by atoms with Gasteiger partial charge < -0.3 is 0 Å². The maximum atomic E-state index is 13.2. The van der Waals surface area contributed by atoms with Crippen LogP contribution in [0.2, 0.25) is 0 Å². The van der Waals surface area contributed by atoms with E-state index in [1.165, 1.54) is 0 Å². The number of halogens is 3. The maximum absolute atomic E-state index is 13.2. The number of benzene rings is 1. The van der Waals surface area contributed by atoms with Gasteiger partial charge in [-0.2, -0.15) is 5.26 Å². The van der Waals surface area contributed by atoms with Crippen LogP contribution in [0.3, 0.4) is 0 Å². The zero-order valence-electron chi connectivity index (χ0n) is 10.5. The predicted molar refractivity (Wildman–Crippen MR) is 64.7 cm³/mol. The molecule has 1 aromatic carbocycles. The summed E-state index contributed by atoms with van der Waals surface area (Å²) in [5.74, 6) is -3.98. The molecule has 0 radical (unpaired) electrons. The Hall–Kier alpha value is -1.54. The molecule has 0 aromatic heterocycles. The molecule has 1 fully saturated rings. The molecule has 0 spiro atoms. The van der Waals surface area contributed by atoms with E-state index in [9.17, 15) is 18.4 Å². The van der Waals surface area contributed by atoms with Crippen LogP contribution >= 0.6 is 0 Å². The highest BCUT2D eigenvalue weighted by atomic mass is 19.2. The molecule has 1 saturated heterocycles. The third-order valence-electron chi connectivity index (χ3n) is 3.45. The highest BCUT2D eigenvalue weighted by Crippen LogP contribution is 2.26. The van der Waals surface area contributed by atoms with Crippen molar-refractivity contribution in [3.8, 4) is 6.07 Å². The van der Waals surface area contributed by atoms with Crippen molar-refractivity contribution in [1.29, 1.82) is 5.26 Å². The fourth-order valence-electron chi connectivity index (χ4n) is 2.45. The van der Waals surface area contributed by atoms with Gasteiger partial charge in [0, 0.05) is 0 Å². The molecule has 102 valence electrons. The second-order valence-corrected chi connectivity index (χ2v) is 4.78.